The van der Waals surface area contributed by atoms with Crippen LogP contribution in [0.3, 0.4) is 0 Å². The average Bonchev–Trinajstić information content (AvgIpc) is 2.80. The predicted octanol–water partition coefficient (Wildman–Crippen LogP) is 3.61. The Morgan fingerprint density at radius 3 is 2.52 bits per heavy atom. The number of carbonyl (C=O) groups is 2. The minimum Gasteiger partial charge on any atom is -0.343 e. The Kier molecular flexibility index (Phi) is 6.34. The maximum Gasteiger partial charge on any atom is 0.277 e. The van der Waals surface area contributed by atoms with E-state index in [2.05, 4.69) is 10.3 Å². The lowest BCUT2D eigenvalue weighted by Gasteiger charge is -2.31. The van der Waals surface area contributed by atoms with E-state index in [-0.39, 0.29) is 36.1 Å². The van der Waals surface area contributed by atoms with E-state index in [1.165, 1.54) is 4.68 Å². The molecule has 7 nitrogen and oxygen atoms in total. The van der Waals surface area contributed by atoms with Gasteiger partial charge in [-0.05, 0) is 43.2 Å². The number of hydrogen-bond acceptors (Lipinski definition) is 5. The summed E-state index contributed by atoms with van der Waals surface area (Å²) in [6.07, 6.45) is 1.32. The molecule has 3 aromatic rings. The third kappa shape index (κ3) is 4.62. The number of rotatable bonds is 5. The van der Waals surface area contributed by atoms with E-state index < -0.39 is 0 Å². The number of hydrogen-bond donors (Lipinski definition) is 0. The van der Waals surface area contributed by atoms with Crippen molar-refractivity contribution in [3.8, 4) is 0 Å². The molecule has 0 bridgehead atoms. The van der Waals surface area contributed by atoms with Gasteiger partial charge < -0.3 is 4.90 Å². The maximum atomic E-state index is 12.7. The van der Waals surface area contributed by atoms with Crippen LogP contribution in [-0.4, -0.2) is 44.7 Å². The molecule has 1 amide bonds. The van der Waals surface area contributed by atoms with Crippen molar-refractivity contribution in [3.63, 3.8) is 0 Å². The van der Waals surface area contributed by atoms with Gasteiger partial charge in [0, 0.05) is 31.0 Å². The second-order valence-corrected chi connectivity index (χ2v) is 8.35. The normalized spacial score (nSPS) is 14.7. The first-order valence-electron chi connectivity index (χ1n) is 10.0. The van der Waals surface area contributed by atoms with Gasteiger partial charge in [0.25, 0.3) is 5.56 Å². The zero-order valence-electron chi connectivity index (χ0n) is 16.6. The summed E-state index contributed by atoms with van der Waals surface area (Å²) in [5.41, 5.74) is 0.807. The molecule has 1 aliphatic heterocycles. The van der Waals surface area contributed by atoms with E-state index >= 15 is 0 Å². The number of amides is 1. The van der Waals surface area contributed by atoms with Crippen LogP contribution in [0.15, 0.2) is 47.3 Å². The number of likely N-dealkylation sites (tertiary alicyclic amines) is 1. The summed E-state index contributed by atoms with van der Waals surface area (Å²) < 4.78 is 1.22. The number of benzene rings is 2. The SMILES string of the molecule is O=C(c1ccc(Cl)c(Cl)c1)C1CCN(C(=O)CCn2nnc3ccccc3c2=O)CC1. The molecular formula is C22H20Cl2N4O3. The van der Waals surface area contributed by atoms with Crippen molar-refractivity contribution in [3.05, 3.63) is 68.4 Å². The van der Waals surface area contributed by atoms with Crippen LogP contribution in [-0.2, 0) is 11.3 Å². The van der Waals surface area contributed by atoms with Crippen molar-refractivity contribution in [2.45, 2.75) is 25.8 Å². The zero-order valence-corrected chi connectivity index (χ0v) is 18.1. The third-order valence-electron chi connectivity index (χ3n) is 5.59. The fourth-order valence-corrected chi connectivity index (χ4v) is 4.10. The first-order valence-corrected chi connectivity index (χ1v) is 10.8. The van der Waals surface area contributed by atoms with Crippen molar-refractivity contribution in [2.75, 3.05) is 13.1 Å². The number of nitrogens with zero attached hydrogens (tertiary/aromatic N) is 4. The van der Waals surface area contributed by atoms with Crippen molar-refractivity contribution < 1.29 is 9.59 Å². The molecule has 0 atom stereocenters. The maximum absolute atomic E-state index is 12.7. The highest BCUT2D eigenvalue weighted by molar-refractivity contribution is 6.42. The van der Waals surface area contributed by atoms with Gasteiger partial charge in [0.2, 0.25) is 5.91 Å². The Morgan fingerprint density at radius 1 is 1.03 bits per heavy atom. The van der Waals surface area contributed by atoms with Gasteiger partial charge in [-0.25, -0.2) is 4.68 Å². The molecule has 0 N–H and O–H groups in total. The van der Waals surface area contributed by atoms with E-state index in [9.17, 15) is 14.4 Å². The number of aryl methyl sites for hydroxylation is 1. The topological polar surface area (TPSA) is 85.2 Å². The van der Waals surface area contributed by atoms with Gasteiger partial charge in [-0.15, -0.1) is 5.10 Å². The summed E-state index contributed by atoms with van der Waals surface area (Å²) in [7, 11) is 0. The molecule has 0 unspecified atom stereocenters. The summed E-state index contributed by atoms with van der Waals surface area (Å²) in [6.45, 7) is 1.15. The van der Waals surface area contributed by atoms with Crippen molar-refractivity contribution >= 4 is 45.8 Å². The molecule has 2 aromatic carbocycles. The monoisotopic (exact) mass is 458 g/mol. The second kappa shape index (κ2) is 9.16. The molecular weight excluding hydrogens is 439 g/mol. The Morgan fingerprint density at radius 2 is 1.77 bits per heavy atom. The van der Waals surface area contributed by atoms with Crippen LogP contribution in [0.4, 0.5) is 0 Å². The number of carbonyl (C=O) groups excluding carboxylic acids is 2. The van der Waals surface area contributed by atoms with Crippen LogP contribution in [0.25, 0.3) is 10.9 Å². The Bertz CT molecular complexity index is 1200. The van der Waals surface area contributed by atoms with Crippen LogP contribution < -0.4 is 5.56 Å². The van der Waals surface area contributed by atoms with Gasteiger partial charge in [-0.3, -0.25) is 14.4 Å². The standard InChI is InChI=1S/C22H20Cl2N4O3/c23-17-6-5-15(13-18(17)24)21(30)14-7-10-27(11-8-14)20(29)9-12-28-22(31)16-3-1-2-4-19(16)25-26-28/h1-6,13-14H,7-12H2. The highest BCUT2D eigenvalue weighted by atomic mass is 35.5. The largest absolute Gasteiger partial charge is 0.343 e. The van der Waals surface area contributed by atoms with E-state index in [4.69, 9.17) is 23.2 Å². The molecule has 1 aliphatic rings. The lowest BCUT2D eigenvalue weighted by molar-refractivity contribution is -0.132. The summed E-state index contributed by atoms with van der Waals surface area (Å²) in [4.78, 5) is 39.6. The Hall–Kier alpha value is -2.77. The summed E-state index contributed by atoms with van der Waals surface area (Å²) in [6, 6.07) is 11.9. The predicted molar refractivity (Wildman–Crippen MR) is 119 cm³/mol. The number of Topliss-reactive ketones (excluding diaryl/α,β-unsaturated/α-hetero) is 1. The first-order chi connectivity index (χ1) is 14.9. The Balaban J connectivity index is 1.33. The van der Waals surface area contributed by atoms with E-state index in [1.54, 1.807) is 47.4 Å². The van der Waals surface area contributed by atoms with Crippen LogP contribution in [0.2, 0.25) is 10.0 Å². The second-order valence-electron chi connectivity index (χ2n) is 7.53. The van der Waals surface area contributed by atoms with Crippen molar-refractivity contribution in [1.29, 1.82) is 0 Å². The smallest absolute Gasteiger partial charge is 0.277 e. The number of fused-ring (bicyclic) bond motifs is 1. The van der Waals surface area contributed by atoms with Gasteiger partial charge in [0.15, 0.2) is 5.78 Å². The molecule has 0 spiro atoms. The molecule has 1 fully saturated rings. The van der Waals surface area contributed by atoms with E-state index in [0.717, 1.165) is 0 Å². The number of ketones is 1. The number of aromatic nitrogens is 3. The van der Waals surface area contributed by atoms with Gasteiger partial charge in [0.1, 0.15) is 5.52 Å². The van der Waals surface area contributed by atoms with Gasteiger partial charge >= 0.3 is 0 Å². The molecule has 4 rings (SSSR count). The third-order valence-corrected chi connectivity index (χ3v) is 6.33. The highest BCUT2D eigenvalue weighted by Gasteiger charge is 2.28. The molecule has 0 saturated carbocycles. The van der Waals surface area contributed by atoms with Crippen molar-refractivity contribution in [2.24, 2.45) is 5.92 Å². The molecule has 31 heavy (non-hydrogen) atoms. The van der Waals surface area contributed by atoms with Crippen LogP contribution >= 0.6 is 23.2 Å². The van der Waals surface area contributed by atoms with Crippen LogP contribution in [0.5, 0.6) is 0 Å². The number of halogens is 2. The summed E-state index contributed by atoms with van der Waals surface area (Å²) in [5, 5.41) is 9.20. The molecule has 0 radical (unpaired) electrons. The molecule has 0 aliphatic carbocycles. The Labute approximate surface area is 188 Å². The molecule has 2 heterocycles. The highest BCUT2D eigenvalue weighted by Crippen LogP contribution is 2.27. The minimum absolute atomic E-state index is 0.0173. The molecule has 160 valence electrons. The van der Waals surface area contributed by atoms with E-state index in [1.807, 2.05) is 0 Å². The van der Waals surface area contributed by atoms with Gasteiger partial charge in [0.05, 0.1) is 22.0 Å². The molecule has 9 heteroatoms. The molecule has 1 aromatic heterocycles. The minimum atomic E-state index is -0.260. The summed E-state index contributed by atoms with van der Waals surface area (Å²) >= 11 is 11.9. The first kappa shape index (κ1) is 21.5. The lowest BCUT2D eigenvalue weighted by Crippen LogP contribution is -2.41. The average molecular weight is 459 g/mol. The van der Waals surface area contributed by atoms with Gasteiger partial charge in [-0.1, -0.05) is 40.5 Å². The summed E-state index contributed by atoms with van der Waals surface area (Å²) in [5.74, 6) is -0.207. The fourth-order valence-electron chi connectivity index (χ4n) is 3.81. The van der Waals surface area contributed by atoms with E-state index in [0.29, 0.717) is 52.4 Å². The number of piperidine rings is 1. The lowest BCUT2D eigenvalue weighted by atomic mass is 9.89. The molecule has 1 saturated heterocycles. The van der Waals surface area contributed by atoms with Crippen LogP contribution in [0, 0.1) is 5.92 Å². The fraction of sp³-hybridized carbons (Fsp3) is 0.318. The van der Waals surface area contributed by atoms with Crippen LogP contribution in [0.1, 0.15) is 29.6 Å². The zero-order chi connectivity index (χ0) is 22.0. The van der Waals surface area contributed by atoms with Gasteiger partial charge in [-0.2, -0.15) is 0 Å². The quantitative estimate of drug-likeness (QED) is 0.545. The van der Waals surface area contributed by atoms with Crippen molar-refractivity contribution in [1.82, 2.24) is 19.9 Å².